The number of anilines is 1. The van der Waals surface area contributed by atoms with Gasteiger partial charge in [0.05, 0.1) is 11.6 Å². The molecular formula is C12H17FN2O. The van der Waals surface area contributed by atoms with Crippen molar-refractivity contribution in [2.45, 2.75) is 13.3 Å². The Kier molecular flexibility index (Phi) is 4.43. The normalized spacial score (nSPS) is 12.2. The quantitative estimate of drug-likeness (QED) is 0.847. The number of para-hydroxylation sites is 1. The third-order valence-electron chi connectivity index (χ3n) is 2.67. The van der Waals surface area contributed by atoms with Gasteiger partial charge in [-0.3, -0.25) is 4.79 Å². The minimum absolute atomic E-state index is 0.143. The van der Waals surface area contributed by atoms with Gasteiger partial charge < -0.3 is 10.6 Å². The maximum absolute atomic E-state index is 13.4. The molecule has 0 aliphatic rings. The van der Waals surface area contributed by atoms with Crippen molar-refractivity contribution in [2.75, 3.05) is 18.5 Å². The highest BCUT2D eigenvalue weighted by Gasteiger charge is 2.21. The summed E-state index contributed by atoms with van der Waals surface area (Å²) in [5.41, 5.74) is 5.79. The van der Waals surface area contributed by atoms with Crippen molar-refractivity contribution in [1.82, 2.24) is 0 Å². The molecular weight excluding hydrogens is 207 g/mol. The Labute approximate surface area is 95.0 Å². The van der Waals surface area contributed by atoms with E-state index in [-0.39, 0.29) is 18.4 Å². The predicted octanol–water partition coefficient (Wildman–Crippen LogP) is 1.77. The summed E-state index contributed by atoms with van der Waals surface area (Å²) in [5.74, 6) is -0.787. The van der Waals surface area contributed by atoms with E-state index in [1.165, 1.54) is 11.0 Å². The maximum atomic E-state index is 13.4. The highest BCUT2D eigenvalue weighted by atomic mass is 19.1. The van der Waals surface area contributed by atoms with Gasteiger partial charge in [0.15, 0.2) is 0 Å². The molecule has 1 atom stereocenters. The number of halogens is 1. The zero-order valence-corrected chi connectivity index (χ0v) is 9.61. The molecule has 88 valence electrons. The Hall–Kier alpha value is -1.42. The molecule has 0 spiro atoms. The van der Waals surface area contributed by atoms with E-state index in [9.17, 15) is 9.18 Å². The monoisotopic (exact) mass is 224 g/mol. The van der Waals surface area contributed by atoms with Gasteiger partial charge in [-0.25, -0.2) is 4.39 Å². The van der Waals surface area contributed by atoms with Crippen LogP contribution >= 0.6 is 0 Å². The van der Waals surface area contributed by atoms with Crippen molar-refractivity contribution in [3.8, 4) is 0 Å². The van der Waals surface area contributed by atoms with Crippen LogP contribution in [0.3, 0.4) is 0 Å². The number of nitrogens with two attached hydrogens (primary N) is 1. The van der Waals surface area contributed by atoms with Crippen LogP contribution in [0.15, 0.2) is 24.3 Å². The van der Waals surface area contributed by atoms with Gasteiger partial charge in [0.1, 0.15) is 5.82 Å². The van der Waals surface area contributed by atoms with Gasteiger partial charge in [-0.1, -0.05) is 19.1 Å². The summed E-state index contributed by atoms with van der Waals surface area (Å²) >= 11 is 0. The molecule has 0 bridgehead atoms. The minimum Gasteiger partial charge on any atom is -0.330 e. The lowest BCUT2D eigenvalue weighted by Gasteiger charge is -2.22. The summed E-state index contributed by atoms with van der Waals surface area (Å²) in [5, 5.41) is 0. The lowest BCUT2D eigenvalue weighted by molar-refractivity contribution is -0.121. The summed E-state index contributed by atoms with van der Waals surface area (Å²) in [7, 11) is 1.57. The van der Waals surface area contributed by atoms with Crippen LogP contribution in [0.25, 0.3) is 0 Å². The van der Waals surface area contributed by atoms with Crippen molar-refractivity contribution in [3.05, 3.63) is 30.1 Å². The molecule has 0 fully saturated rings. The lowest BCUT2D eigenvalue weighted by atomic mass is 10.1. The molecule has 0 aliphatic carbocycles. The fourth-order valence-corrected chi connectivity index (χ4v) is 1.56. The molecule has 1 unspecified atom stereocenters. The number of hydrogen-bond donors (Lipinski definition) is 1. The van der Waals surface area contributed by atoms with Crippen LogP contribution in [0.1, 0.15) is 13.3 Å². The van der Waals surface area contributed by atoms with Crippen LogP contribution in [0.2, 0.25) is 0 Å². The number of carbonyl (C=O) groups is 1. The van der Waals surface area contributed by atoms with E-state index >= 15 is 0 Å². The van der Waals surface area contributed by atoms with Gasteiger partial charge in [-0.05, 0) is 18.6 Å². The van der Waals surface area contributed by atoms with E-state index < -0.39 is 5.82 Å². The highest BCUT2D eigenvalue weighted by Crippen LogP contribution is 2.19. The number of hydrogen-bond acceptors (Lipinski definition) is 2. The molecule has 0 aliphatic heterocycles. The molecule has 3 nitrogen and oxygen atoms in total. The second-order valence-corrected chi connectivity index (χ2v) is 3.69. The van der Waals surface area contributed by atoms with Gasteiger partial charge in [0.25, 0.3) is 0 Å². The molecule has 0 saturated heterocycles. The Balaban J connectivity index is 2.90. The first-order chi connectivity index (χ1) is 7.61. The Morgan fingerprint density at radius 3 is 2.62 bits per heavy atom. The third-order valence-corrected chi connectivity index (χ3v) is 2.67. The van der Waals surface area contributed by atoms with Crippen LogP contribution in [0.4, 0.5) is 10.1 Å². The molecule has 2 N–H and O–H groups in total. The zero-order chi connectivity index (χ0) is 12.1. The molecule has 16 heavy (non-hydrogen) atoms. The SMILES string of the molecule is CCC(CN)C(=O)N(C)c1ccccc1F. The summed E-state index contributed by atoms with van der Waals surface area (Å²) in [4.78, 5) is 13.3. The van der Waals surface area contributed by atoms with Gasteiger partial charge in [-0.15, -0.1) is 0 Å². The van der Waals surface area contributed by atoms with Crippen molar-refractivity contribution in [2.24, 2.45) is 11.7 Å². The average molecular weight is 224 g/mol. The third kappa shape index (κ3) is 2.58. The number of benzene rings is 1. The minimum atomic E-state index is -0.398. The van der Waals surface area contributed by atoms with E-state index in [0.717, 1.165) is 0 Å². The first-order valence-corrected chi connectivity index (χ1v) is 5.34. The van der Waals surface area contributed by atoms with Crippen LogP contribution in [0, 0.1) is 11.7 Å². The maximum Gasteiger partial charge on any atom is 0.231 e. The second-order valence-electron chi connectivity index (χ2n) is 3.69. The summed E-state index contributed by atoms with van der Waals surface area (Å²) in [6.45, 7) is 2.18. The van der Waals surface area contributed by atoms with Crippen molar-refractivity contribution < 1.29 is 9.18 Å². The molecule has 4 heteroatoms. The highest BCUT2D eigenvalue weighted by molar-refractivity contribution is 5.94. The number of carbonyl (C=O) groups excluding carboxylic acids is 1. The Bertz CT molecular complexity index is 364. The average Bonchev–Trinajstić information content (AvgIpc) is 2.30. The van der Waals surface area contributed by atoms with Gasteiger partial charge in [0, 0.05) is 13.6 Å². The first-order valence-electron chi connectivity index (χ1n) is 5.34. The van der Waals surface area contributed by atoms with E-state index in [4.69, 9.17) is 5.73 Å². The second kappa shape index (κ2) is 5.61. The van der Waals surface area contributed by atoms with Crippen LogP contribution in [-0.4, -0.2) is 19.5 Å². The van der Waals surface area contributed by atoms with Crippen LogP contribution in [0.5, 0.6) is 0 Å². The van der Waals surface area contributed by atoms with Gasteiger partial charge in [-0.2, -0.15) is 0 Å². The van der Waals surface area contributed by atoms with Crippen molar-refractivity contribution >= 4 is 11.6 Å². The summed E-state index contributed by atoms with van der Waals surface area (Å²) in [6, 6.07) is 6.21. The molecule has 0 heterocycles. The van der Waals surface area contributed by atoms with E-state index in [0.29, 0.717) is 12.1 Å². The Morgan fingerprint density at radius 1 is 1.50 bits per heavy atom. The molecule has 0 saturated carbocycles. The molecule has 1 rings (SSSR count). The fourth-order valence-electron chi connectivity index (χ4n) is 1.56. The largest absolute Gasteiger partial charge is 0.330 e. The van der Waals surface area contributed by atoms with Gasteiger partial charge in [0.2, 0.25) is 5.91 Å². The first kappa shape index (κ1) is 12.6. The smallest absolute Gasteiger partial charge is 0.231 e. The van der Waals surface area contributed by atoms with Crippen LogP contribution < -0.4 is 10.6 Å². The Morgan fingerprint density at radius 2 is 2.12 bits per heavy atom. The fraction of sp³-hybridized carbons (Fsp3) is 0.417. The number of amides is 1. The van der Waals surface area contributed by atoms with Crippen molar-refractivity contribution in [1.29, 1.82) is 0 Å². The number of rotatable bonds is 4. The summed E-state index contributed by atoms with van der Waals surface area (Å²) < 4.78 is 13.4. The predicted molar refractivity (Wildman–Crippen MR) is 62.6 cm³/mol. The summed E-state index contributed by atoms with van der Waals surface area (Å²) in [6.07, 6.45) is 0.661. The molecule has 1 aromatic rings. The van der Waals surface area contributed by atoms with E-state index in [1.807, 2.05) is 6.92 Å². The van der Waals surface area contributed by atoms with E-state index in [2.05, 4.69) is 0 Å². The van der Waals surface area contributed by atoms with Crippen LogP contribution in [-0.2, 0) is 4.79 Å². The standard InChI is InChI=1S/C12H17FN2O/c1-3-9(8-14)12(16)15(2)11-7-5-4-6-10(11)13/h4-7,9H,3,8,14H2,1-2H3. The molecule has 0 radical (unpaired) electrons. The molecule has 1 aromatic carbocycles. The molecule has 0 aromatic heterocycles. The zero-order valence-electron chi connectivity index (χ0n) is 9.61. The van der Waals surface area contributed by atoms with E-state index in [1.54, 1.807) is 25.2 Å². The van der Waals surface area contributed by atoms with Gasteiger partial charge >= 0.3 is 0 Å². The molecule has 1 amide bonds. The number of nitrogens with zero attached hydrogens (tertiary/aromatic N) is 1. The topological polar surface area (TPSA) is 46.3 Å². The van der Waals surface area contributed by atoms with Crippen molar-refractivity contribution in [3.63, 3.8) is 0 Å². The lowest BCUT2D eigenvalue weighted by Crippen LogP contribution is -2.36.